The van der Waals surface area contributed by atoms with Crippen molar-refractivity contribution < 1.29 is 9.90 Å². The number of aromatic nitrogens is 2. The molecule has 0 saturated heterocycles. The quantitative estimate of drug-likeness (QED) is 0.623. The molecule has 25 heavy (non-hydrogen) atoms. The summed E-state index contributed by atoms with van der Waals surface area (Å²) in [5, 5.41) is 12.3. The van der Waals surface area contributed by atoms with Crippen LogP contribution in [0.1, 0.15) is 68.9 Å². The van der Waals surface area contributed by atoms with Gasteiger partial charge in [0, 0.05) is 18.3 Å². The number of carbonyl (C=O) groups is 1. The summed E-state index contributed by atoms with van der Waals surface area (Å²) in [6, 6.07) is 7.07. The summed E-state index contributed by atoms with van der Waals surface area (Å²) in [7, 11) is 0. The van der Waals surface area contributed by atoms with Crippen LogP contribution in [0.2, 0.25) is 0 Å². The van der Waals surface area contributed by atoms with E-state index in [1.807, 2.05) is 53.7 Å². The highest BCUT2D eigenvalue weighted by atomic mass is 16.3. The van der Waals surface area contributed by atoms with Gasteiger partial charge in [-0.15, -0.1) is 0 Å². The number of aliphatic imine (C=N–C) groups is 1. The van der Waals surface area contributed by atoms with Gasteiger partial charge in [0.1, 0.15) is 5.69 Å². The topological polar surface area (TPSA) is 78.3 Å². The second-order valence-electron chi connectivity index (χ2n) is 8.08. The predicted octanol–water partition coefficient (Wildman–Crippen LogP) is 3.02. The van der Waals surface area contributed by atoms with E-state index in [-0.39, 0.29) is 22.2 Å². The molecule has 0 aliphatic rings. The fourth-order valence-electron chi connectivity index (χ4n) is 2.23. The lowest BCUT2D eigenvalue weighted by atomic mass is 9.87. The van der Waals surface area contributed by atoms with Crippen LogP contribution in [0.25, 0.3) is 0 Å². The molecule has 5 heteroatoms. The number of nitrogens with zero attached hydrogens (tertiary/aromatic N) is 3. The first-order valence-corrected chi connectivity index (χ1v) is 8.22. The number of pyridine rings is 2. The van der Waals surface area contributed by atoms with E-state index < -0.39 is 11.8 Å². The van der Waals surface area contributed by atoms with E-state index >= 15 is 0 Å². The first-order valence-electron chi connectivity index (χ1n) is 8.22. The monoisotopic (exact) mass is 338 g/mol. The molecule has 0 spiro atoms. The van der Waals surface area contributed by atoms with E-state index in [1.54, 1.807) is 24.5 Å². The standard InChI is InChI=1S/C20H25N3O2/c1-19(2,3)13-7-9-21-15(11-13)17(24)23-18(25)16-12-14(8-10-22-16)20(4,5)6/h7-12H,1-6H3,(H,23,24,25)/p-1. The van der Waals surface area contributed by atoms with Crippen molar-refractivity contribution in [2.75, 3.05) is 0 Å². The smallest absolute Gasteiger partial charge is 0.295 e. The van der Waals surface area contributed by atoms with E-state index in [1.165, 1.54) is 0 Å². The first-order chi connectivity index (χ1) is 11.5. The van der Waals surface area contributed by atoms with Crippen molar-refractivity contribution in [1.82, 2.24) is 9.97 Å². The largest absolute Gasteiger partial charge is 0.857 e. The molecular formula is C20H24N3O2-. The third kappa shape index (κ3) is 4.72. The second kappa shape index (κ2) is 6.75. The molecule has 2 aromatic heterocycles. The number of rotatable bonds is 2. The molecule has 1 amide bonds. The van der Waals surface area contributed by atoms with Crippen LogP contribution in [0.15, 0.2) is 41.7 Å². The summed E-state index contributed by atoms with van der Waals surface area (Å²) >= 11 is 0. The zero-order valence-electron chi connectivity index (χ0n) is 15.6. The molecule has 0 radical (unpaired) electrons. The minimum atomic E-state index is -0.654. The van der Waals surface area contributed by atoms with Crippen LogP contribution in [-0.2, 0) is 10.8 Å². The van der Waals surface area contributed by atoms with Crippen molar-refractivity contribution in [1.29, 1.82) is 0 Å². The number of carbonyl (C=O) groups excluding carboxylic acids is 1. The molecule has 0 N–H and O–H groups in total. The van der Waals surface area contributed by atoms with Crippen molar-refractivity contribution in [3.05, 3.63) is 59.2 Å². The van der Waals surface area contributed by atoms with Gasteiger partial charge in [0.05, 0.1) is 5.69 Å². The van der Waals surface area contributed by atoms with Crippen LogP contribution < -0.4 is 5.11 Å². The van der Waals surface area contributed by atoms with Crippen molar-refractivity contribution >= 4 is 11.8 Å². The van der Waals surface area contributed by atoms with Crippen LogP contribution in [0, 0.1) is 0 Å². The molecule has 0 bridgehead atoms. The number of amides is 1. The Kier molecular flexibility index (Phi) is 5.07. The summed E-state index contributed by atoms with van der Waals surface area (Å²) in [4.78, 5) is 24.1. The summed E-state index contributed by atoms with van der Waals surface area (Å²) < 4.78 is 0. The zero-order chi connectivity index (χ0) is 18.8. The van der Waals surface area contributed by atoms with Crippen molar-refractivity contribution in [3.8, 4) is 0 Å². The lowest BCUT2D eigenvalue weighted by Crippen LogP contribution is -2.23. The maximum Gasteiger partial charge on any atom is 0.295 e. The Hall–Kier alpha value is -2.56. The molecule has 0 unspecified atom stereocenters. The Morgan fingerprint density at radius 3 is 1.80 bits per heavy atom. The van der Waals surface area contributed by atoms with E-state index in [4.69, 9.17) is 0 Å². The summed E-state index contributed by atoms with van der Waals surface area (Å²) in [6.45, 7) is 12.3. The second-order valence-corrected chi connectivity index (χ2v) is 8.08. The summed E-state index contributed by atoms with van der Waals surface area (Å²) in [5.41, 5.74) is 2.00. The van der Waals surface area contributed by atoms with Gasteiger partial charge in [-0.05, 0) is 46.2 Å². The molecule has 2 aromatic rings. The molecule has 0 aliphatic carbocycles. The van der Waals surface area contributed by atoms with Gasteiger partial charge in [-0.25, -0.2) is 4.99 Å². The Morgan fingerprint density at radius 2 is 1.32 bits per heavy atom. The van der Waals surface area contributed by atoms with Crippen LogP contribution >= 0.6 is 0 Å². The van der Waals surface area contributed by atoms with Gasteiger partial charge in [0.25, 0.3) is 5.91 Å². The van der Waals surface area contributed by atoms with Crippen molar-refractivity contribution in [3.63, 3.8) is 0 Å². The predicted molar refractivity (Wildman–Crippen MR) is 96.7 cm³/mol. The SMILES string of the molecule is CC(C)(C)c1ccnc(C(=O)N=C([O-])c2cc(C(C)(C)C)ccn2)c1. The Labute approximate surface area is 148 Å². The molecule has 132 valence electrons. The van der Waals surface area contributed by atoms with Gasteiger partial charge >= 0.3 is 0 Å². The fraction of sp³-hybridized carbons (Fsp3) is 0.400. The molecule has 0 aliphatic heterocycles. The van der Waals surface area contributed by atoms with Crippen molar-refractivity contribution in [2.24, 2.45) is 4.99 Å². The van der Waals surface area contributed by atoms with Gasteiger partial charge in [-0.2, -0.15) is 0 Å². The molecule has 0 aromatic carbocycles. The minimum absolute atomic E-state index is 0.120. The van der Waals surface area contributed by atoms with Crippen LogP contribution in [-0.4, -0.2) is 21.8 Å². The van der Waals surface area contributed by atoms with Gasteiger partial charge in [0.2, 0.25) is 0 Å². The molecule has 0 atom stereocenters. The Morgan fingerprint density at radius 1 is 0.880 bits per heavy atom. The van der Waals surface area contributed by atoms with Crippen LogP contribution in [0.3, 0.4) is 0 Å². The van der Waals surface area contributed by atoms with E-state index in [9.17, 15) is 9.90 Å². The third-order valence-electron chi connectivity index (χ3n) is 3.89. The zero-order valence-corrected chi connectivity index (χ0v) is 15.6. The highest BCUT2D eigenvalue weighted by Gasteiger charge is 2.17. The lowest BCUT2D eigenvalue weighted by Gasteiger charge is -2.20. The van der Waals surface area contributed by atoms with Gasteiger partial charge in [-0.3, -0.25) is 14.8 Å². The Balaban J connectivity index is 2.33. The first kappa shape index (κ1) is 18.8. The molecular weight excluding hydrogens is 314 g/mol. The van der Waals surface area contributed by atoms with E-state index in [2.05, 4.69) is 15.0 Å². The molecule has 5 nitrogen and oxygen atoms in total. The number of hydrogen-bond acceptors (Lipinski definition) is 4. The maximum absolute atomic E-state index is 12.3. The lowest BCUT2D eigenvalue weighted by molar-refractivity contribution is -0.213. The average Bonchev–Trinajstić information content (AvgIpc) is 2.53. The summed E-state index contributed by atoms with van der Waals surface area (Å²) in [6.07, 6.45) is 3.12. The van der Waals surface area contributed by atoms with Gasteiger partial charge in [0.15, 0.2) is 0 Å². The summed E-state index contributed by atoms with van der Waals surface area (Å²) in [5.74, 6) is -1.31. The molecule has 0 saturated carbocycles. The van der Waals surface area contributed by atoms with Crippen LogP contribution in [0.4, 0.5) is 0 Å². The molecule has 2 heterocycles. The van der Waals surface area contributed by atoms with E-state index in [0.717, 1.165) is 11.1 Å². The Bertz CT molecular complexity index is 812. The van der Waals surface area contributed by atoms with Gasteiger partial charge in [-0.1, -0.05) is 41.5 Å². The minimum Gasteiger partial charge on any atom is -0.857 e. The highest BCUT2D eigenvalue weighted by Crippen LogP contribution is 2.23. The normalized spacial score (nSPS) is 13.0. The highest BCUT2D eigenvalue weighted by molar-refractivity contribution is 6.04. The van der Waals surface area contributed by atoms with Crippen LogP contribution in [0.5, 0.6) is 0 Å². The third-order valence-corrected chi connectivity index (χ3v) is 3.89. The molecule has 0 fully saturated rings. The van der Waals surface area contributed by atoms with Gasteiger partial charge < -0.3 is 5.11 Å². The number of hydrogen-bond donors (Lipinski definition) is 0. The van der Waals surface area contributed by atoms with Crippen molar-refractivity contribution in [2.45, 2.75) is 52.4 Å². The molecule has 2 rings (SSSR count). The maximum atomic E-state index is 12.3. The average molecular weight is 338 g/mol. The van der Waals surface area contributed by atoms with E-state index in [0.29, 0.717) is 0 Å². The fourth-order valence-corrected chi connectivity index (χ4v) is 2.23.